The van der Waals surface area contributed by atoms with E-state index in [-0.39, 0.29) is 11.4 Å². The van der Waals surface area contributed by atoms with Crippen molar-refractivity contribution in [3.05, 3.63) is 99.4 Å². The molecule has 5 rings (SSSR count). The number of nitrogens with one attached hydrogen (secondary N) is 1. The molecule has 0 fully saturated rings. The van der Waals surface area contributed by atoms with Gasteiger partial charge >= 0.3 is 5.97 Å². The molecule has 0 bridgehead atoms. The molecule has 4 aromatic rings. The van der Waals surface area contributed by atoms with Crippen LogP contribution in [0.25, 0.3) is 22.6 Å². The Morgan fingerprint density at radius 1 is 1.17 bits per heavy atom. The molecule has 0 unspecified atom stereocenters. The molecule has 0 saturated carbocycles. The van der Waals surface area contributed by atoms with Gasteiger partial charge in [0, 0.05) is 17.5 Å². The number of esters is 1. The summed E-state index contributed by atoms with van der Waals surface area (Å²) in [7, 11) is 0. The Morgan fingerprint density at radius 3 is 2.78 bits per heavy atom. The Balaban J connectivity index is 1.40. The lowest BCUT2D eigenvalue weighted by molar-refractivity contribution is -0.384. The first-order valence-electron chi connectivity index (χ1n) is 11.0. The van der Waals surface area contributed by atoms with Crippen molar-refractivity contribution >= 4 is 45.8 Å². The van der Waals surface area contributed by atoms with Crippen molar-refractivity contribution in [2.24, 2.45) is 0 Å². The number of non-ortho nitro benzene ring substituents is 1. The summed E-state index contributed by atoms with van der Waals surface area (Å²) in [4.78, 5) is 40.5. The van der Waals surface area contributed by atoms with E-state index in [0.717, 1.165) is 23.8 Å². The number of amides is 1. The fraction of sp³-hybridized carbons (Fsp3) is 0.115. The zero-order valence-electron chi connectivity index (χ0n) is 18.7. The van der Waals surface area contributed by atoms with Gasteiger partial charge in [0.25, 0.3) is 11.6 Å². The zero-order valence-corrected chi connectivity index (χ0v) is 18.7. The summed E-state index contributed by atoms with van der Waals surface area (Å²) in [6.07, 6.45) is 4.65. The van der Waals surface area contributed by atoms with Crippen molar-refractivity contribution in [1.82, 2.24) is 4.98 Å². The van der Waals surface area contributed by atoms with Crippen LogP contribution < -0.4 is 5.32 Å². The summed E-state index contributed by atoms with van der Waals surface area (Å²) < 4.78 is 24.7. The summed E-state index contributed by atoms with van der Waals surface area (Å²) in [6, 6.07) is 13.5. The van der Waals surface area contributed by atoms with Gasteiger partial charge in [-0.05, 0) is 54.3 Å². The fourth-order valence-electron chi connectivity index (χ4n) is 4.17. The number of allylic oxidation sites excluding steroid dienone is 1. The van der Waals surface area contributed by atoms with E-state index >= 15 is 0 Å². The highest BCUT2D eigenvalue weighted by Gasteiger charge is 2.28. The predicted octanol–water partition coefficient (Wildman–Crippen LogP) is 5.16. The summed E-state index contributed by atoms with van der Waals surface area (Å²) in [5.74, 6) is -1.74. The normalized spacial score (nSPS) is 13.5. The number of benzene rings is 2. The highest BCUT2D eigenvalue weighted by molar-refractivity contribution is 6.08. The number of nitrogens with zero attached hydrogens (tertiary/aromatic N) is 2. The van der Waals surface area contributed by atoms with Gasteiger partial charge < -0.3 is 14.5 Å². The van der Waals surface area contributed by atoms with E-state index < -0.39 is 29.2 Å². The van der Waals surface area contributed by atoms with Crippen LogP contribution in [0.4, 0.5) is 15.8 Å². The largest absolute Gasteiger partial charge is 0.465 e. The number of aromatic nitrogens is 1. The Bertz CT molecular complexity index is 1550. The van der Waals surface area contributed by atoms with Gasteiger partial charge in [-0.25, -0.2) is 14.2 Å². The SMILES string of the molecule is O=C(COC(=O)c1c2c(nc3ccccc13)/C(=C/c1ccco1)CC2)Nc1cc([N+](=O)[O-])ccc1F. The smallest absolute Gasteiger partial charge is 0.339 e. The molecule has 2 heterocycles. The second-order valence-corrected chi connectivity index (χ2v) is 8.06. The molecule has 1 N–H and O–H groups in total. The molecule has 36 heavy (non-hydrogen) atoms. The van der Waals surface area contributed by atoms with Crippen LogP contribution in [0.15, 0.2) is 65.3 Å². The summed E-state index contributed by atoms with van der Waals surface area (Å²) in [6.45, 7) is -0.707. The minimum Gasteiger partial charge on any atom is -0.465 e. The van der Waals surface area contributed by atoms with Crippen LogP contribution in [0, 0.1) is 15.9 Å². The number of hydrogen-bond acceptors (Lipinski definition) is 7. The molecular weight excluding hydrogens is 469 g/mol. The number of hydrogen-bond donors (Lipinski definition) is 1. The maximum atomic E-state index is 14.0. The van der Waals surface area contributed by atoms with E-state index in [1.165, 1.54) is 0 Å². The topological polar surface area (TPSA) is 125 Å². The lowest BCUT2D eigenvalue weighted by Gasteiger charge is -2.12. The van der Waals surface area contributed by atoms with Crippen molar-refractivity contribution in [3.8, 4) is 0 Å². The molecule has 1 aliphatic carbocycles. The summed E-state index contributed by atoms with van der Waals surface area (Å²) in [5, 5.41) is 13.7. The van der Waals surface area contributed by atoms with Crippen LogP contribution in [-0.2, 0) is 16.0 Å². The standard InChI is InChI=1S/C26H18FN3O6/c27-20-10-8-16(30(33)34)13-22(20)28-23(31)14-36-26(32)24-18-5-1-2-6-21(18)29-25-15(7-9-19(24)25)12-17-4-3-11-35-17/h1-6,8,10-13H,7,9,14H2,(H,28,31)/b15-12+. The van der Waals surface area contributed by atoms with Crippen molar-refractivity contribution in [3.63, 3.8) is 0 Å². The number of para-hydroxylation sites is 1. The van der Waals surface area contributed by atoms with Gasteiger partial charge in [-0.3, -0.25) is 14.9 Å². The third-order valence-electron chi connectivity index (χ3n) is 5.77. The number of pyridine rings is 1. The van der Waals surface area contributed by atoms with Gasteiger partial charge in [0.1, 0.15) is 11.6 Å². The number of fused-ring (bicyclic) bond motifs is 2. The molecule has 1 aliphatic rings. The maximum Gasteiger partial charge on any atom is 0.339 e. The molecule has 0 saturated heterocycles. The third kappa shape index (κ3) is 4.43. The van der Waals surface area contributed by atoms with Crippen LogP contribution in [0.5, 0.6) is 0 Å². The summed E-state index contributed by atoms with van der Waals surface area (Å²) in [5.41, 5.74) is 2.43. The number of rotatable bonds is 6. The van der Waals surface area contributed by atoms with Gasteiger partial charge in [-0.15, -0.1) is 0 Å². The molecule has 9 nitrogen and oxygen atoms in total. The van der Waals surface area contributed by atoms with Crippen molar-refractivity contribution in [1.29, 1.82) is 0 Å². The molecule has 2 aromatic heterocycles. The number of ether oxygens (including phenoxy) is 1. The molecule has 0 radical (unpaired) electrons. The zero-order chi connectivity index (χ0) is 25.2. The molecule has 0 atom stereocenters. The van der Waals surface area contributed by atoms with Crippen molar-refractivity contribution in [2.75, 3.05) is 11.9 Å². The highest BCUT2D eigenvalue weighted by Crippen LogP contribution is 2.37. The maximum absolute atomic E-state index is 14.0. The monoisotopic (exact) mass is 487 g/mol. The molecule has 180 valence electrons. The number of nitro groups is 1. The highest BCUT2D eigenvalue weighted by atomic mass is 19.1. The van der Waals surface area contributed by atoms with Gasteiger partial charge in [-0.1, -0.05) is 18.2 Å². The van der Waals surface area contributed by atoms with Crippen LogP contribution in [0.1, 0.15) is 33.8 Å². The number of halogens is 1. The first-order valence-corrected chi connectivity index (χ1v) is 11.0. The number of carbonyl (C=O) groups is 2. The van der Waals surface area contributed by atoms with Crippen LogP contribution in [0.2, 0.25) is 0 Å². The second-order valence-electron chi connectivity index (χ2n) is 8.06. The molecule has 1 amide bonds. The van der Waals surface area contributed by atoms with Crippen molar-refractivity contribution < 1.29 is 28.1 Å². The van der Waals surface area contributed by atoms with Gasteiger partial charge in [0.15, 0.2) is 6.61 Å². The minimum atomic E-state index is -0.853. The number of carbonyl (C=O) groups excluding carboxylic acids is 2. The van der Waals surface area contributed by atoms with E-state index in [4.69, 9.17) is 14.1 Å². The second kappa shape index (κ2) is 9.41. The lowest BCUT2D eigenvalue weighted by atomic mass is 10.0. The number of nitro benzene ring substituents is 1. The van der Waals surface area contributed by atoms with Crippen LogP contribution in [0.3, 0.4) is 0 Å². The van der Waals surface area contributed by atoms with Gasteiger partial charge in [-0.2, -0.15) is 0 Å². The average molecular weight is 487 g/mol. The Labute approximate surface area is 203 Å². The van der Waals surface area contributed by atoms with Crippen molar-refractivity contribution in [2.45, 2.75) is 12.8 Å². The van der Waals surface area contributed by atoms with E-state index in [9.17, 15) is 24.1 Å². The van der Waals surface area contributed by atoms with E-state index in [1.54, 1.807) is 30.5 Å². The fourth-order valence-corrected chi connectivity index (χ4v) is 4.17. The van der Waals surface area contributed by atoms with Gasteiger partial charge in [0.05, 0.1) is 33.6 Å². The number of anilines is 1. The quantitative estimate of drug-likeness (QED) is 0.226. The Morgan fingerprint density at radius 2 is 2.00 bits per heavy atom. The first-order chi connectivity index (χ1) is 17.4. The summed E-state index contributed by atoms with van der Waals surface area (Å²) >= 11 is 0. The molecule has 2 aromatic carbocycles. The molecule has 0 spiro atoms. The predicted molar refractivity (Wildman–Crippen MR) is 129 cm³/mol. The first kappa shape index (κ1) is 22.9. The molecule has 0 aliphatic heterocycles. The Kier molecular flexibility index (Phi) is 5.99. The minimum absolute atomic E-state index is 0.313. The van der Waals surface area contributed by atoms with Crippen LogP contribution >= 0.6 is 0 Å². The van der Waals surface area contributed by atoms with E-state index in [2.05, 4.69) is 5.32 Å². The number of furan rings is 1. The lowest BCUT2D eigenvalue weighted by Crippen LogP contribution is -2.22. The van der Waals surface area contributed by atoms with E-state index in [1.807, 2.05) is 18.2 Å². The van der Waals surface area contributed by atoms with Crippen LogP contribution in [-0.4, -0.2) is 28.4 Å². The average Bonchev–Trinajstić information content (AvgIpc) is 3.52. The Hall–Kier alpha value is -4.86. The molecule has 10 heteroatoms. The molecular formula is C26H18FN3O6. The third-order valence-corrected chi connectivity index (χ3v) is 5.77. The van der Waals surface area contributed by atoms with Gasteiger partial charge in [0.2, 0.25) is 0 Å². The van der Waals surface area contributed by atoms with E-state index in [0.29, 0.717) is 46.3 Å².